The first-order valence-corrected chi connectivity index (χ1v) is 12.8. The van der Waals surface area contributed by atoms with Crippen LogP contribution in [0.25, 0.3) is 16.5 Å². The molecule has 0 aromatic heterocycles. The topological polar surface area (TPSA) is 131 Å². The van der Waals surface area contributed by atoms with E-state index in [0.717, 1.165) is 5.56 Å². The number of nitrogens with zero attached hydrogens (tertiary/aromatic N) is 3. The van der Waals surface area contributed by atoms with Gasteiger partial charge in [-0.1, -0.05) is 66.2 Å². The Morgan fingerprint density at radius 1 is 1.18 bits per heavy atom. The maximum atomic E-state index is 13.0. The maximum absolute atomic E-state index is 13.0. The predicted octanol–water partition coefficient (Wildman–Crippen LogP) is 6.80. The first-order chi connectivity index (χ1) is 18.5. The molecule has 0 radical (unpaired) electrons. The molecular formula is C30H35N3O6. The minimum absolute atomic E-state index is 0.254. The van der Waals surface area contributed by atoms with Crippen LogP contribution in [0, 0.1) is 13.8 Å². The van der Waals surface area contributed by atoms with Gasteiger partial charge in [-0.3, -0.25) is 0 Å². The lowest BCUT2D eigenvalue weighted by Crippen LogP contribution is -2.37. The molecule has 9 heteroatoms. The molecule has 1 saturated heterocycles. The largest absolute Gasteiger partial charge is 0.478 e. The molecule has 2 unspecified atom stereocenters. The Morgan fingerprint density at radius 2 is 1.90 bits per heavy atom. The van der Waals surface area contributed by atoms with E-state index >= 15 is 0 Å². The van der Waals surface area contributed by atoms with Gasteiger partial charge in [-0.05, 0) is 75.4 Å². The van der Waals surface area contributed by atoms with E-state index in [2.05, 4.69) is 10.0 Å². The van der Waals surface area contributed by atoms with E-state index in [-0.39, 0.29) is 11.6 Å². The summed E-state index contributed by atoms with van der Waals surface area (Å²) >= 11 is 0. The highest BCUT2D eigenvalue weighted by Gasteiger charge is 2.45. The summed E-state index contributed by atoms with van der Waals surface area (Å²) in [6, 6.07) is 12.1. The molecule has 1 N–H and O–H groups in total. The van der Waals surface area contributed by atoms with Crippen LogP contribution in [-0.2, 0) is 14.2 Å². The van der Waals surface area contributed by atoms with Gasteiger partial charge in [0.15, 0.2) is 5.79 Å². The highest BCUT2D eigenvalue weighted by molar-refractivity contribution is 5.94. The molecule has 2 aromatic carbocycles. The molecule has 3 rings (SSSR count). The van der Waals surface area contributed by atoms with E-state index < -0.39 is 36.0 Å². The second kappa shape index (κ2) is 13.2. The third-order valence-electron chi connectivity index (χ3n) is 6.24. The maximum Gasteiger partial charge on any atom is 0.338 e. The third-order valence-corrected chi connectivity index (χ3v) is 6.24. The lowest BCUT2D eigenvalue weighted by molar-refractivity contribution is -0.152. The Labute approximate surface area is 228 Å². The lowest BCUT2D eigenvalue weighted by atomic mass is 9.97. The van der Waals surface area contributed by atoms with Gasteiger partial charge >= 0.3 is 11.9 Å². The molecule has 1 aliphatic heterocycles. The van der Waals surface area contributed by atoms with Crippen LogP contribution in [0.4, 0.5) is 0 Å². The summed E-state index contributed by atoms with van der Waals surface area (Å²) in [5.41, 5.74) is 11.6. The van der Waals surface area contributed by atoms with Crippen molar-refractivity contribution in [3.05, 3.63) is 99.0 Å². The lowest BCUT2D eigenvalue weighted by Gasteiger charge is -2.24. The van der Waals surface area contributed by atoms with Crippen molar-refractivity contribution in [1.82, 2.24) is 0 Å². The number of carbonyl (C=O) groups is 2. The standard InChI is InChI=1S/C30H35N3O6/c1-19-17-20(2)26(28(34)35)23(18-19)14-10-16-25-27(39-30(4,5)38-25)24(15-9-11-21(3)32-33-31)37-29(36)22-12-7-6-8-13-22/h6-10,12-15,17-18,21,24-25,27H,11,16H2,1-5H3,(H,34,35)/b14-10+,15-9-/t21-,24?,25-,27?/m0/s1. The molecule has 1 aliphatic rings. The van der Waals surface area contributed by atoms with E-state index in [1.165, 1.54) is 0 Å². The van der Waals surface area contributed by atoms with Crippen LogP contribution in [0.5, 0.6) is 0 Å². The number of esters is 1. The van der Waals surface area contributed by atoms with Gasteiger partial charge in [0.2, 0.25) is 0 Å². The van der Waals surface area contributed by atoms with Crippen LogP contribution in [0.1, 0.15) is 71.0 Å². The highest BCUT2D eigenvalue weighted by Crippen LogP contribution is 2.34. The van der Waals surface area contributed by atoms with Crippen LogP contribution in [-0.4, -0.2) is 47.2 Å². The van der Waals surface area contributed by atoms with Crippen molar-refractivity contribution in [3.8, 4) is 0 Å². The fraction of sp³-hybridized carbons (Fsp3) is 0.400. The molecule has 4 atom stereocenters. The van der Waals surface area contributed by atoms with Crippen molar-refractivity contribution in [2.45, 2.75) is 77.6 Å². The number of carbonyl (C=O) groups excluding carboxylic acids is 1. The van der Waals surface area contributed by atoms with Crippen LogP contribution < -0.4 is 0 Å². The first kappa shape index (κ1) is 29.6. The molecular weight excluding hydrogens is 498 g/mol. The Kier molecular flexibility index (Phi) is 10.1. The molecule has 2 aromatic rings. The van der Waals surface area contributed by atoms with E-state index in [0.29, 0.717) is 29.5 Å². The van der Waals surface area contributed by atoms with Crippen LogP contribution in [0.3, 0.4) is 0 Å². The van der Waals surface area contributed by atoms with Crippen LogP contribution >= 0.6 is 0 Å². The number of azide groups is 1. The Balaban J connectivity index is 1.87. The third kappa shape index (κ3) is 8.29. The van der Waals surface area contributed by atoms with Crippen molar-refractivity contribution in [2.24, 2.45) is 5.11 Å². The Bertz CT molecular complexity index is 1280. The summed E-state index contributed by atoms with van der Waals surface area (Å²) in [5.74, 6) is -2.42. The van der Waals surface area contributed by atoms with Crippen LogP contribution in [0.2, 0.25) is 0 Å². The SMILES string of the molecule is Cc1cc(C)c(C(=O)O)c(/C=C/C[C@@H]2OC(C)(C)OC2C(/C=C\C[C@H](C)N=[N+]=[N-])OC(=O)c2ccccc2)c1. The second-order valence-corrected chi connectivity index (χ2v) is 10.1. The molecule has 0 bridgehead atoms. The van der Waals surface area contributed by atoms with Gasteiger partial charge in [0, 0.05) is 11.0 Å². The second-order valence-electron chi connectivity index (χ2n) is 10.1. The number of carboxylic acid groups (broad SMARTS) is 1. The number of aryl methyl sites for hydroxylation is 2. The van der Waals surface area contributed by atoms with Crippen molar-refractivity contribution in [3.63, 3.8) is 0 Å². The number of benzene rings is 2. The normalized spacial score (nSPS) is 20.0. The molecule has 39 heavy (non-hydrogen) atoms. The van der Waals surface area contributed by atoms with Crippen molar-refractivity contribution >= 4 is 18.0 Å². The molecule has 0 amide bonds. The molecule has 1 fully saturated rings. The fourth-order valence-electron chi connectivity index (χ4n) is 4.60. The minimum Gasteiger partial charge on any atom is -0.478 e. The first-order valence-electron chi connectivity index (χ1n) is 12.8. The molecule has 0 saturated carbocycles. The van der Waals surface area contributed by atoms with E-state index in [1.807, 2.05) is 31.2 Å². The summed E-state index contributed by atoms with van der Waals surface area (Å²) in [6.07, 6.45) is 6.11. The molecule has 9 nitrogen and oxygen atoms in total. The fourth-order valence-corrected chi connectivity index (χ4v) is 4.60. The summed E-state index contributed by atoms with van der Waals surface area (Å²) < 4.78 is 18.3. The summed E-state index contributed by atoms with van der Waals surface area (Å²) in [5, 5.41) is 13.4. The highest BCUT2D eigenvalue weighted by atomic mass is 16.8. The van der Waals surface area contributed by atoms with Gasteiger partial charge in [0.25, 0.3) is 0 Å². The van der Waals surface area contributed by atoms with E-state index in [9.17, 15) is 14.7 Å². The molecule has 206 valence electrons. The van der Waals surface area contributed by atoms with Gasteiger partial charge < -0.3 is 19.3 Å². The van der Waals surface area contributed by atoms with Crippen LogP contribution in [0.15, 0.2) is 65.8 Å². The smallest absolute Gasteiger partial charge is 0.338 e. The number of carboxylic acids is 1. The predicted molar refractivity (Wildman–Crippen MR) is 148 cm³/mol. The summed E-state index contributed by atoms with van der Waals surface area (Å²) in [6.45, 7) is 9.07. The summed E-state index contributed by atoms with van der Waals surface area (Å²) in [7, 11) is 0. The average Bonchev–Trinajstić information content (AvgIpc) is 3.17. The Hall–Kier alpha value is -3.91. The van der Waals surface area contributed by atoms with Crippen molar-refractivity contribution < 1.29 is 28.9 Å². The molecule has 0 aliphatic carbocycles. The number of rotatable bonds is 11. The van der Waals surface area contributed by atoms with Crippen molar-refractivity contribution in [1.29, 1.82) is 0 Å². The van der Waals surface area contributed by atoms with Gasteiger partial charge in [0.1, 0.15) is 12.2 Å². The zero-order valence-electron chi connectivity index (χ0n) is 22.9. The molecule has 0 spiro atoms. The van der Waals surface area contributed by atoms with E-state index in [4.69, 9.17) is 19.7 Å². The number of ether oxygens (including phenoxy) is 3. The van der Waals surface area contributed by atoms with Gasteiger partial charge in [0.05, 0.1) is 17.2 Å². The number of hydrogen-bond donors (Lipinski definition) is 1. The minimum atomic E-state index is -0.986. The zero-order valence-corrected chi connectivity index (χ0v) is 22.9. The monoisotopic (exact) mass is 533 g/mol. The van der Waals surface area contributed by atoms with E-state index in [1.54, 1.807) is 70.2 Å². The van der Waals surface area contributed by atoms with Gasteiger partial charge in [-0.15, -0.1) is 0 Å². The average molecular weight is 534 g/mol. The zero-order chi connectivity index (χ0) is 28.6. The van der Waals surface area contributed by atoms with Gasteiger partial charge in [-0.2, -0.15) is 0 Å². The number of hydrogen-bond acceptors (Lipinski definition) is 6. The number of aromatic carboxylic acids is 1. The quantitative estimate of drug-likeness (QED) is 0.111. The Morgan fingerprint density at radius 3 is 2.56 bits per heavy atom. The van der Waals surface area contributed by atoms with Gasteiger partial charge in [-0.25, -0.2) is 9.59 Å². The molecule has 1 heterocycles. The van der Waals surface area contributed by atoms with Crippen molar-refractivity contribution in [2.75, 3.05) is 0 Å². The summed E-state index contributed by atoms with van der Waals surface area (Å²) in [4.78, 5) is 27.6.